The summed E-state index contributed by atoms with van der Waals surface area (Å²) in [4.78, 5) is 19.8. The van der Waals surface area contributed by atoms with E-state index in [-0.39, 0.29) is 6.04 Å². The van der Waals surface area contributed by atoms with Crippen LogP contribution in [0.1, 0.15) is 19.3 Å². The van der Waals surface area contributed by atoms with Gasteiger partial charge in [-0.05, 0) is 19.3 Å². The highest BCUT2D eigenvalue weighted by molar-refractivity contribution is 5.56. The van der Waals surface area contributed by atoms with Crippen molar-refractivity contribution in [3.05, 3.63) is 0 Å². The van der Waals surface area contributed by atoms with Gasteiger partial charge in [-0.1, -0.05) is 0 Å². The van der Waals surface area contributed by atoms with E-state index in [0.29, 0.717) is 19.4 Å². The number of unbranched alkanes of at least 4 members (excludes halogenated alkanes) is 1. The SMILES string of the molecule is NC(C=O)CCCCNC=O. The molecular formula is C7H14N2O2. The highest BCUT2D eigenvalue weighted by Gasteiger charge is 1.97. The van der Waals surface area contributed by atoms with Gasteiger partial charge in [-0.3, -0.25) is 4.79 Å². The van der Waals surface area contributed by atoms with Crippen LogP contribution in [0.15, 0.2) is 0 Å². The van der Waals surface area contributed by atoms with Gasteiger partial charge in [-0.15, -0.1) is 0 Å². The summed E-state index contributed by atoms with van der Waals surface area (Å²) < 4.78 is 0. The fourth-order valence-electron chi connectivity index (χ4n) is 0.734. The molecule has 0 bridgehead atoms. The second kappa shape index (κ2) is 7.21. The fraction of sp³-hybridized carbons (Fsp3) is 0.714. The molecule has 1 atom stereocenters. The van der Waals surface area contributed by atoms with Crippen LogP contribution in [0.5, 0.6) is 0 Å². The first-order valence-electron chi connectivity index (χ1n) is 3.69. The van der Waals surface area contributed by atoms with Crippen molar-refractivity contribution in [1.29, 1.82) is 0 Å². The first-order chi connectivity index (χ1) is 5.31. The molecule has 0 aliphatic rings. The molecule has 0 aromatic rings. The second-order valence-corrected chi connectivity index (χ2v) is 2.37. The topological polar surface area (TPSA) is 72.2 Å². The highest BCUT2D eigenvalue weighted by Crippen LogP contribution is 1.95. The Bertz CT molecular complexity index is 117. The Kier molecular flexibility index (Phi) is 6.62. The van der Waals surface area contributed by atoms with E-state index in [4.69, 9.17) is 5.73 Å². The Morgan fingerprint density at radius 2 is 2.09 bits per heavy atom. The van der Waals surface area contributed by atoms with Gasteiger partial charge in [0.15, 0.2) is 0 Å². The highest BCUT2D eigenvalue weighted by atomic mass is 16.1. The maximum absolute atomic E-state index is 10.0. The van der Waals surface area contributed by atoms with Crippen molar-refractivity contribution >= 4 is 12.7 Å². The van der Waals surface area contributed by atoms with Crippen LogP contribution < -0.4 is 11.1 Å². The van der Waals surface area contributed by atoms with Crippen molar-refractivity contribution in [3.63, 3.8) is 0 Å². The Morgan fingerprint density at radius 1 is 1.36 bits per heavy atom. The predicted octanol–water partition coefficient (Wildman–Crippen LogP) is -0.571. The monoisotopic (exact) mass is 158 g/mol. The smallest absolute Gasteiger partial charge is 0.207 e. The van der Waals surface area contributed by atoms with E-state index in [9.17, 15) is 9.59 Å². The third kappa shape index (κ3) is 6.99. The molecule has 0 fully saturated rings. The maximum atomic E-state index is 10.0. The predicted molar refractivity (Wildman–Crippen MR) is 42.0 cm³/mol. The van der Waals surface area contributed by atoms with Gasteiger partial charge in [0.2, 0.25) is 6.41 Å². The van der Waals surface area contributed by atoms with Gasteiger partial charge in [0.05, 0.1) is 6.04 Å². The molecule has 0 saturated heterocycles. The molecule has 0 aliphatic heterocycles. The van der Waals surface area contributed by atoms with Crippen molar-refractivity contribution in [3.8, 4) is 0 Å². The summed E-state index contributed by atoms with van der Waals surface area (Å²) in [7, 11) is 0. The molecule has 1 amide bonds. The molecule has 0 spiro atoms. The van der Waals surface area contributed by atoms with Gasteiger partial charge >= 0.3 is 0 Å². The Morgan fingerprint density at radius 3 is 2.64 bits per heavy atom. The maximum Gasteiger partial charge on any atom is 0.207 e. The van der Waals surface area contributed by atoms with E-state index < -0.39 is 0 Å². The van der Waals surface area contributed by atoms with E-state index >= 15 is 0 Å². The van der Waals surface area contributed by atoms with Crippen LogP contribution in [0.4, 0.5) is 0 Å². The van der Waals surface area contributed by atoms with Crippen LogP contribution in [-0.4, -0.2) is 25.3 Å². The van der Waals surface area contributed by atoms with Crippen molar-refractivity contribution in [1.82, 2.24) is 5.32 Å². The van der Waals surface area contributed by atoms with E-state index in [1.54, 1.807) is 0 Å². The molecule has 0 heterocycles. The number of rotatable bonds is 7. The number of amides is 1. The second-order valence-electron chi connectivity index (χ2n) is 2.37. The standard InChI is InChI=1S/C7H14N2O2/c8-7(5-10)3-1-2-4-9-6-11/h5-7H,1-4,8H2,(H,9,11). The number of aldehydes is 1. The summed E-state index contributed by atoms with van der Waals surface area (Å²) in [5.74, 6) is 0. The fourth-order valence-corrected chi connectivity index (χ4v) is 0.734. The lowest BCUT2D eigenvalue weighted by Crippen LogP contribution is -2.21. The van der Waals surface area contributed by atoms with E-state index in [0.717, 1.165) is 19.1 Å². The zero-order valence-electron chi connectivity index (χ0n) is 6.45. The molecule has 64 valence electrons. The van der Waals surface area contributed by atoms with E-state index in [2.05, 4.69) is 5.32 Å². The zero-order valence-corrected chi connectivity index (χ0v) is 6.45. The van der Waals surface area contributed by atoms with Crippen LogP contribution in [0.2, 0.25) is 0 Å². The van der Waals surface area contributed by atoms with Crippen LogP contribution in [0.3, 0.4) is 0 Å². The lowest BCUT2D eigenvalue weighted by atomic mass is 10.1. The number of hydrogen-bond acceptors (Lipinski definition) is 3. The summed E-state index contributed by atoms with van der Waals surface area (Å²) in [6.07, 6.45) is 3.86. The molecule has 0 radical (unpaired) electrons. The molecule has 0 aliphatic carbocycles. The van der Waals surface area contributed by atoms with E-state index in [1.807, 2.05) is 0 Å². The van der Waals surface area contributed by atoms with Gasteiger partial charge in [-0.25, -0.2) is 0 Å². The molecule has 11 heavy (non-hydrogen) atoms. The van der Waals surface area contributed by atoms with Crippen LogP contribution in [0, 0.1) is 0 Å². The average Bonchev–Trinajstić information content (AvgIpc) is 2.04. The lowest BCUT2D eigenvalue weighted by molar-refractivity contribution is -0.110. The summed E-state index contributed by atoms with van der Waals surface area (Å²) in [6.45, 7) is 0.662. The zero-order chi connectivity index (χ0) is 8.53. The van der Waals surface area contributed by atoms with Gasteiger partial charge in [0, 0.05) is 6.54 Å². The Labute approximate surface area is 66.1 Å². The summed E-state index contributed by atoms with van der Waals surface area (Å²) in [5, 5.41) is 2.53. The lowest BCUT2D eigenvalue weighted by Gasteiger charge is -2.02. The number of carbonyl (C=O) groups is 2. The van der Waals surface area contributed by atoms with Crippen LogP contribution >= 0.6 is 0 Å². The van der Waals surface area contributed by atoms with Crippen LogP contribution in [0.25, 0.3) is 0 Å². The summed E-state index contributed by atoms with van der Waals surface area (Å²) >= 11 is 0. The molecule has 0 saturated carbocycles. The number of nitrogens with one attached hydrogen (secondary N) is 1. The average molecular weight is 158 g/mol. The molecule has 1 unspecified atom stereocenters. The van der Waals surface area contributed by atoms with Crippen molar-refractivity contribution in [2.45, 2.75) is 25.3 Å². The Hall–Kier alpha value is -0.900. The number of carbonyl (C=O) groups excluding carboxylic acids is 2. The molecule has 4 nitrogen and oxygen atoms in total. The van der Waals surface area contributed by atoms with Crippen LogP contribution in [-0.2, 0) is 9.59 Å². The molecule has 0 rings (SSSR count). The minimum Gasteiger partial charge on any atom is -0.359 e. The Balaban J connectivity index is 3.01. The number of nitrogens with two attached hydrogens (primary N) is 1. The molecular weight excluding hydrogens is 144 g/mol. The molecule has 0 aromatic carbocycles. The van der Waals surface area contributed by atoms with Gasteiger partial charge < -0.3 is 15.8 Å². The largest absolute Gasteiger partial charge is 0.359 e. The third-order valence-corrected chi connectivity index (χ3v) is 1.37. The minimum absolute atomic E-state index is 0.341. The van der Waals surface area contributed by atoms with Crippen molar-refractivity contribution < 1.29 is 9.59 Å². The van der Waals surface area contributed by atoms with Gasteiger partial charge in [-0.2, -0.15) is 0 Å². The first-order valence-corrected chi connectivity index (χ1v) is 3.69. The van der Waals surface area contributed by atoms with Gasteiger partial charge in [0.25, 0.3) is 0 Å². The summed E-state index contributed by atoms with van der Waals surface area (Å²) in [5.41, 5.74) is 5.33. The molecule has 0 aromatic heterocycles. The first kappa shape index (κ1) is 10.1. The normalized spacial score (nSPS) is 12.1. The minimum atomic E-state index is -0.341. The molecule has 4 heteroatoms. The van der Waals surface area contributed by atoms with Crippen molar-refractivity contribution in [2.75, 3.05) is 6.54 Å². The summed E-state index contributed by atoms with van der Waals surface area (Å²) in [6, 6.07) is -0.341. The third-order valence-electron chi connectivity index (χ3n) is 1.37. The van der Waals surface area contributed by atoms with Gasteiger partial charge in [0.1, 0.15) is 6.29 Å². The molecule has 3 N–H and O–H groups in total. The van der Waals surface area contributed by atoms with Crippen molar-refractivity contribution in [2.24, 2.45) is 5.73 Å². The number of hydrogen-bond donors (Lipinski definition) is 2. The van der Waals surface area contributed by atoms with E-state index in [1.165, 1.54) is 0 Å². The quantitative estimate of drug-likeness (QED) is 0.385.